The third kappa shape index (κ3) is 4.60. The molecule has 7 heteroatoms. The van der Waals surface area contributed by atoms with E-state index in [2.05, 4.69) is 5.32 Å². The van der Waals surface area contributed by atoms with Gasteiger partial charge in [-0.15, -0.1) is 0 Å². The van der Waals surface area contributed by atoms with Crippen LogP contribution in [0.3, 0.4) is 0 Å². The van der Waals surface area contributed by atoms with Crippen molar-refractivity contribution in [1.29, 1.82) is 0 Å². The summed E-state index contributed by atoms with van der Waals surface area (Å²) in [5.41, 5.74) is 0.227. The van der Waals surface area contributed by atoms with Gasteiger partial charge in [0.1, 0.15) is 11.8 Å². The summed E-state index contributed by atoms with van der Waals surface area (Å²) in [7, 11) is 0. The molecule has 0 unspecified atom stereocenters. The lowest BCUT2D eigenvalue weighted by atomic mass is 10.1. The lowest BCUT2D eigenvalue weighted by Gasteiger charge is -2.12. The number of carbonyl (C=O) groups is 3. The fraction of sp³-hybridized carbons (Fsp3) is 0.308. The van der Waals surface area contributed by atoms with Crippen molar-refractivity contribution in [2.24, 2.45) is 0 Å². The minimum Gasteiger partial charge on any atom is -0.494 e. The zero-order valence-electron chi connectivity index (χ0n) is 10.8. The summed E-state index contributed by atoms with van der Waals surface area (Å²) in [5, 5.41) is 19.6. The van der Waals surface area contributed by atoms with Gasteiger partial charge in [0.05, 0.1) is 13.0 Å². The smallest absolute Gasteiger partial charge is 0.326 e. The Morgan fingerprint density at radius 3 is 2.25 bits per heavy atom. The van der Waals surface area contributed by atoms with E-state index in [1.54, 1.807) is 12.1 Å². The molecule has 0 fully saturated rings. The van der Waals surface area contributed by atoms with Gasteiger partial charge in [0.2, 0.25) is 0 Å². The molecule has 3 N–H and O–H groups in total. The predicted octanol–water partition coefficient (Wildman–Crippen LogP) is 0.743. The fourth-order valence-electron chi connectivity index (χ4n) is 1.49. The molecule has 0 bridgehead atoms. The fourth-order valence-corrected chi connectivity index (χ4v) is 1.49. The van der Waals surface area contributed by atoms with E-state index in [9.17, 15) is 14.4 Å². The van der Waals surface area contributed by atoms with Crippen molar-refractivity contribution in [3.8, 4) is 5.75 Å². The van der Waals surface area contributed by atoms with Gasteiger partial charge in [-0.1, -0.05) is 0 Å². The monoisotopic (exact) mass is 281 g/mol. The molecule has 7 nitrogen and oxygen atoms in total. The van der Waals surface area contributed by atoms with E-state index < -0.39 is 30.3 Å². The number of amides is 1. The van der Waals surface area contributed by atoms with Crippen LogP contribution < -0.4 is 10.1 Å². The van der Waals surface area contributed by atoms with E-state index in [1.807, 2.05) is 6.92 Å². The number of carboxylic acid groups (broad SMARTS) is 2. The van der Waals surface area contributed by atoms with Crippen LogP contribution in [0.15, 0.2) is 24.3 Å². The first-order valence-corrected chi connectivity index (χ1v) is 5.92. The highest BCUT2D eigenvalue weighted by atomic mass is 16.5. The molecule has 1 aromatic carbocycles. The first kappa shape index (κ1) is 15.5. The second-order valence-electron chi connectivity index (χ2n) is 3.92. The van der Waals surface area contributed by atoms with Crippen LogP contribution in [0.4, 0.5) is 0 Å². The number of rotatable bonds is 7. The van der Waals surface area contributed by atoms with Crippen molar-refractivity contribution in [1.82, 2.24) is 5.32 Å². The largest absolute Gasteiger partial charge is 0.494 e. The predicted molar refractivity (Wildman–Crippen MR) is 68.8 cm³/mol. The lowest BCUT2D eigenvalue weighted by molar-refractivity contribution is -0.145. The third-order valence-electron chi connectivity index (χ3n) is 2.41. The van der Waals surface area contributed by atoms with Crippen LogP contribution in [-0.4, -0.2) is 40.7 Å². The van der Waals surface area contributed by atoms with E-state index in [0.29, 0.717) is 12.4 Å². The molecule has 0 aliphatic heterocycles. The summed E-state index contributed by atoms with van der Waals surface area (Å²) in [6.07, 6.45) is -0.682. The maximum absolute atomic E-state index is 11.8. The standard InChI is InChI=1S/C13H15NO6/c1-2-20-9-5-3-8(4-6-9)12(17)14-10(13(18)19)7-11(15)16/h3-6,10H,2,7H2,1H3,(H,14,17)(H,15,16)(H,18,19)/t10-/m0/s1. The summed E-state index contributed by atoms with van der Waals surface area (Å²) in [6.45, 7) is 2.31. The molecule has 20 heavy (non-hydrogen) atoms. The highest BCUT2D eigenvalue weighted by Crippen LogP contribution is 2.12. The van der Waals surface area contributed by atoms with E-state index in [4.69, 9.17) is 14.9 Å². The molecule has 1 amide bonds. The Morgan fingerprint density at radius 2 is 1.80 bits per heavy atom. The van der Waals surface area contributed by atoms with Gasteiger partial charge >= 0.3 is 11.9 Å². The van der Waals surface area contributed by atoms with E-state index in [-0.39, 0.29) is 5.56 Å². The summed E-state index contributed by atoms with van der Waals surface area (Å²) in [5.74, 6) is -2.76. The number of hydrogen-bond acceptors (Lipinski definition) is 4. The number of carbonyl (C=O) groups excluding carboxylic acids is 1. The minimum absolute atomic E-state index is 0.227. The Morgan fingerprint density at radius 1 is 1.20 bits per heavy atom. The number of benzene rings is 1. The zero-order chi connectivity index (χ0) is 15.1. The minimum atomic E-state index is -1.47. The van der Waals surface area contributed by atoms with E-state index in [0.717, 1.165) is 0 Å². The maximum atomic E-state index is 11.8. The molecule has 1 atom stereocenters. The summed E-state index contributed by atoms with van der Waals surface area (Å²) >= 11 is 0. The normalized spacial score (nSPS) is 11.4. The van der Waals surface area contributed by atoms with Gasteiger partial charge in [0.15, 0.2) is 0 Å². The van der Waals surface area contributed by atoms with Gasteiger partial charge in [0, 0.05) is 5.56 Å². The van der Waals surface area contributed by atoms with Gasteiger partial charge in [-0.3, -0.25) is 9.59 Å². The van der Waals surface area contributed by atoms with Crippen LogP contribution in [0.2, 0.25) is 0 Å². The molecule has 1 aromatic rings. The van der Waals surface area contributed by atoms with Crippen molar-refractivity contribution in [3.63, 3.8) is 0 Å². The van der Waals surface area contributed by atoms with Gasteiger partial charge in [-0.05, 0) is 31.2 Å². The third-order valence-corrected chi connectivity index (χ3v) is 2.41. The van der Waals surface area contributed by atoms with Crippen LogP contribution in [0.25, 0.3) is 0 Å². The maximum Gasteiger partial charge on any atom is 0.326 e. The van der Waals surface area contributed by atoms with Crippen LogP contribution in [0.5, 0.6) is 5.75 Å². The van der Waals surface area contributed by atoms with Crippen molar-refractivity contribution < 1.29 is 29.3 Å². The molecule has 0 aliphatic rings. The summed E-state index contributed by atoms with van der Waals surface area (Å²) in [4.78, 5) is 33.2. The van der Waals surface area contributed by atoms with Gasteiger partial charge in [-0.2, -0.15) is 0 Å². The number of carboxylic acids is 2. The Kier molecular flexibility index (Phi) is 5.52. The number of hydrogen-bond donors (Lipinski definition) is 3. The zero-order valence-corrected chi connectivity index (χ0v) is 10.8. The molecule has 0 aliphatic carbocycles. The Bertz CT molecular complexity index is 496. The summed E-state index contributed by atoms with van der Waals surface area (Å²) in [6, 6.07) is 4.63. The molecule has 0 saturated heterocycles. The lowest BCUT2D eigenvalue weighted by Crippen LogP contribution is -2.42. The summed E-state index contributed by atoms with van der Waals surface area (Å²) < 4.78 is 5.21. The van der Waals surface area contributed by atoms with Crippen molar-refractivity contribution in [3.05, 3.63) is 29.8 Å². The average Bonchev–Trinajstić information content (AvgIpc) is 2.38. The van der Waals surface area contributed by atoms with Gasteiger partial charge in [-0.25, -0.2) is 4.79 Å². The first-order valence-electron chi connectivity index (χ1n) is 5.92. The quantitative estimate of drug-likeness (QED) is 0.679. The number of nitrogens with one attached hydrogen (secondary N) is 1. The van der Waals surface area contributed by atoms with Crippen LogP contribution in [0.1, 0.15) is 23.7 Å². The molecule has 0 aromatic heterocycles. The molecule has 108 valence electrons. The van der Waals surface area contributed by atoms with Crippen molar-refractivity contribution in [2.75, 3.05) is 6.61 Å². The molecule has 0 spiro atoms. The van der Waals surface area contributed by atoms with E-state index >= 15 is 0 Å². The Labute approximate surface area is 115 Å². The van der Waals surface area contributed by atoms with Gasteiger partial charge in [0.25, 0.3) is 5.91 Å². The van der Waals surface area contributed by atoms with Crippen LogP contribution in [-0.2, 0) is 9.59 Å². The highest BCUT2D eigenvalue weighted by Gasteiger charge is 2.23. The molecular formula is C13H15NO6. The first-order chi connectivity index (χ1) is 9.43. The van der Waals surface area contributed by atoms with Crippen LogP contribution >= 0.6 is 0 Å². The average molecular weight is 281 g/mol. The van der Waals surface area contributed by atoms with Crippen LogP contribution in [0, 0.1) is 0 Å². The topological polar surface area (TPSA) is 113 Å². The SMILES string of the molecule is CCOc1ccc(C(=O)N[C@@H](CC(=O)O)C(=O)O)cc1. The molecule has 0 saturated carbocycles. The second-order valence-corrected chi connectivity index (χ2v) is 3.92. The molecule has 0 heterocycles. The molecule has 1 rings (SSSR count). The molecule has 0 radical (unpaired) electrons. The van der Waals surface area contributed by atoms with Crippen molar-refractivity contribution in [2.45, 2.75) is 19.4 Å². The number of ether oxygens (including phenoxy) is 1. The molecular weight excluding hydrogens is 266 g/mol. The van der Waals surface area contributed by atoms with Crippen molar-refractivity contribution >= 4 is 17.8 Å². The Balaban J connectivity index is 2.73. The number of aliphatic carboxylic acids is 2. The van der Waals surface area contributed by atoms with E-state index in [1.165, 1.54) is 12.1 Å². The highest BCUT2D eigenvalue weighted by molar-refractivity contribution is 5.97. The Hall–Kier alpha value is -2.57. The second kappa shape index (κ2) is 7.13. The van der Waals surface area contributed by atoms with Gasteiger partial charge < -0.3 is 20.3 Å².